The smallest absolute Gasteiger partial charge is 0.271 e. The Labute approximate surface area is 213 Å². The van der Waals surface area contributed by atoms with Gasteiger partial charge in [-0.15, -0.1) is 0 Å². The first-order chi connectivity index (χ1) is 16.9. The van der Waals surface area contributed by atoms with Crippen molar-refractivity contribution in [3.8, 4) is 0 Å². The Kier molecular flexibility index (Phi) is 6.85. The van der Waals surface area contributed by atoms with Crippen LogP contribution in [-0.4, -0.2) is 75.0 Å². The number of likely N-dealkylation sites (tertiary alicyclic amines) is 1. The van der Waals surface area contributed by atoms with Gasteiger partial charge in [0.2, 0.25) is 0 Å². The second-order valence-corrected chi connectivity index (χ2v) is 10.3. The lowest BCUT2D eigenvalue weighted by atomic mass is 9.80. The average molecular weight is 518 g/mol. The summed E-state index contributed by atoms with van der Waals surface area (Å²) in [6.45, 7) is 6.81. The highest BCUT2D eigenvalue weighted by Gasteiger charge is 2.36. The topological polar surface area (TPSA) is 113 Å². The lowest BCUT2D eigenvalue weighted by molar-refractivity contribution is 0.0995. The summed E-state index contributed by atoms with van der Waals surface area (Å²) in [5.41, 5.74) is 7.35. The predicted molar refractivity (Wildman–Crippen MR) is 136 cm³/mol. The summed E-state index contributed by atoms with van der Waals surface area (Å²) in [6.07, 6.45) is 4.09. The molecule has 35 heavy (non-hydrogen) atoms. The molecule has 0 saturated carbocycles. The SMILES string of the molecule is C[C@@H](c1ccc(Cl)cc1Cl)n1nc(C(N)=O)c2ncc(N3CC(C4CCCN(CCO)C4)C3)nc21. The van der Waals surface area contributed by atoms with Gasteiger partial charge in [-0.2, -0.15) is 5.10 Å². The van der Waals surface area contributed by atoms with Crippen molar-refractivity contribution in [2.45, 2.75) is 25.8 Å². The number of carbonyl (C=O) groups excluding carboxylic acids is 1. The number of amides is 1. The number of benzene rings is 1. The van der Waals surface area contributed by atoms with Gasteiger partial charge in [0, 0.05) is 36.2 Å². The van der Waals surface area contributed by atoms with E-state index in [0.717, 1.165) is 44.1 Å². The molecule has 11 heteroatoms. The number of fused-ring (bicyclic) bond motifs is 1. The van der Waals surface area contributed by atoms with Crippen LogP contribution in [0, 0.1) is 11.8 Å². The molecule has 186 valence electrons. The maximum Gasteiger partial charge on any atom is 0.271 e. The lowest BCUT2D eigenvalue weighted by Crippen LogP contribution is -2.54. The van der Waals surface area contributed by atoms with Crippen LogP contribution < -0.4 is 10.6 Å². The monoisotopic (exact) mass is 517 g/mol. The van der Waals surface area contributed by atoms with Crippen LogP contribution in [0.5, 0.6) is 0 Å². The number of piperidine rings is 1. The average Bonchev–Trinajstić information content (AvgIpc) is 3.18. The molecule has 3 N–H and O–H groups in total. The largest absolute Gasteiger partial charge is 0.395 e. The molecule has 0 spiro atoms. The van der Waals surface area contributed by atoms with Crippen LogP contribution in [0.25, 0.3) is 11.2 Å². The number of aromatic nitrogens is 4. The van der Waals surface area contributed by atoms with E-state index in [2.05, 4.69) is 19.9 Å². The second-order valence-electron chi connectivity index (χ2n) is 9.49. The predicted octanol–water partition coefficient (Wildman–Crippen LogP) is 2.98. The molecule has 1 amide bonds. The van der Waals surface area contributed by atoms with E-state index < -0.39 is 5.91 Å². The molecule has 4 heterocycles. The van der Waals surface area contributed by atoms with Crippen molar-refractivity contribution in [3.63, 3.8) is 0 Å². The number of carbonyl (C=O) groups is 1. The van der Waals surface area contributed by atoms with Gasteiger partial charge in [-0.25, -0.2) is 14.6 Å². The van der Waals surface area contributed by atoms with Crippen molar-refractivity contribution in [1.82, 2.24) is 24.6 Å². The van der Waals surface area contributed by atoms with Crippen LogP contribution in [0.1, 0.15) is 41.9 Å². The lowest BCUT2D eigenvalue weighted by Gasteiger charge is -2.47. The van der Waals surface area contributed by atoms with Crippen molar-refractivity contribution < 1.29 is 9.90 Å². The van der Waals surface area contributed by atoms with E-state index in [9.17, 15) is 9.90 Å². The number of β-amino-alcohol motifs (C(OH)–C–C–N with tert-alkyl or cyclic N) is 1. The minimum Gasteiger partial charge on any atom is -0.395 e. The number of hydrogen-bond donors (Lipinski definition) is 2. The first-order valence-electron chi connectivity index (χ1n) is 11.9. The van der Waals surface area contributed by atoms with Gasteiger partial charge in [0.1, 0.15) is 11.3 Å². The van der Waals surface area contributed by atoms with E-state index in [0.29, 0.717) is 33.0 Å². The Balaban J connectivity index is 1.40. The van der Waals surface area contributed by atoms with Crippen molar-refractivity contribution in [1.29, 1.82) is 0 Å². The highest BCUT2D eigenvalue weighted by molar-refractivity contribution is 6.35. The third kappa shape index (κ3) is 4.70. The third-order valence-corrected chi connectivity index (χ3v) is 7.82. The van der Waals surface area contributed by atoms with Gasteiger partial charge in [-0.3, -0.25) is 4.79 Å². The number of anilines is 1. The fraction of sp³-hybridized carbons (Fsp3) is 0.500. The highest BCUT2D eigenvalue weighted by atomic mass is 35.5. The zero-order valence-corrected chi connectivity index (χ0v) is 21.1. The number of hydrogen-bond acceptors (Lipinski definition) is 7. The summed E-state index contributed by atoms with van der Waals surface area (Å²) in [4.78, 5) is 26.0. The molecule has 2 aliphatic rings. The quantitative estimate of drug-likeness (QED) is 0.495. The molecule has 2 fully saturated rings. The van der Waals surface area contributed by atoms with Gasteiger partial charge < -0.3 is 20.6 Å². The van der Waals surface area contributed by atoms with E-state index in [4.69, 9.17) is 33.9 Å². The van der Waals surface area contributed by atoms with E-state index in [1.54, 1.807) is 23.0 Å². The van der Waals surface area contributed by atoms with Crippen LogP contribution >= 0.6 is 23.2 Å². The summed E-state index contributed by atoms with van der Waals surface area (Å²) in [5, 5.41) is 14.8. The fourth-order valence-electron chi connectivity index (χ4n) is 5.28. The summed E-state index contributed by atoms with van der Waals surface area (Å²) < 4.78 is 1.66. The molecule has 1 unspecified atom stereocenters. The molecule has 0 bridgehead atoms. The second kappa shape index (κ2) is 9.89. The number of aliphatic hydroxyl groups excluding tert-OH is 1. The molecule has 0 aliphatic carbocycles. The Morgan fingerprint density at radius 3 is 2.77 bits per heavy atom. The van der Waals surface area contributed by atoms with E-state index in [1.807, 2.05) is 13.0 Å². The molecule has 2 aliphatic heterocycles. The standard InChI is InChI=1S/C24H29Cl2N7O2/c1-14(18-5-4-17(25)9-19(18)26)33-24-22(21(30-33)23(27)35)28-10-20(29-24)32-12-16(13-32)15-3-2-6-31(11-15)7-8-34/h4-5,9-10,14-16,34H,2-3,6-8,11-13H2,1H3,(H2,27,35)/t14-,15?/m0/s1. The fourth-order valence-corrected chi connectivity index (χ4v) is 5.84. The summed E-state index contributed by atoms with van der Waals surface area (Å²) in [7, 11) is 0. The van der Waals surface area contributed by atoms with Crippen LogP contribution in [0.2, 0.25) is 10.0 Å². The minimum atomic E-state index is -0.654. The summed E-state index contributed by atoms with van der Waals surface area (Å²) in [5.74, 6) is 1.32. The van der Waals surface area contributed by atoms with Gasteiger partial charge in [0.25, 0.3) is 5.91 Å². The zero-order valence-electron chi connectivity index (χ0n) is 19.6. The molecular formula is C24H29Cl2N7O2. The van der Waals surface area contributed by atoms with Crippen LogP contribution in [0.15, 0.2) is 24.4 Å². The maximum atomic E-state index is 12.1. The number of primary amides is 1. The highest BCUT2D eigenvalue weighted by Crippen LogP contribution is 2.35. The summed E-state index contributed by atoms with van der Waals surface area (Å²) >= 11 is 12.5. The Morgan fingerprint density at radius 1 is 1.26 bits per heavy atom. The van der Waals surface area contributed by atoms with Crippen LogP contribution in [0.3, 0.4) is 0 Å². The van der Waals surface area contributed by atoms with E-state index >= 15 is 0 Å². The Morgan fingerprint density at radius 2 is 2.06 bits per heavy atom. The number of halogens is 2. The maximum absolute atomic E-state index is 12.1. The van der Waals surface area contributed by atoms with Crippen LogP contribution in [-0.2, 0) is 0 Å². The number of nitrogens with two attached hydrogens (primary N) is 1. The van der Waals surface area contributed by atoms with Gasteiger partial charge >= 0.3 is 0 Å². The van der Waals surface area contributed by atoms with Gasteiger partial charge in [0.05, 0.1) is 18.8 Å². The summed E-state index contributed by atoms with van der Waals surface area (Å²) in [6, 6.07) is 4.97. The molecule has 2 saturated heterocycles. The van der Waals surface area contributed by atoms with Gasteiger partial charge in [-0.05, 0) is 55.8 Å². The molecule has 0 radical (unpaired) electrons. The van der Waals surface area contributed by atoms with Crippen molar-refractivity contribution >= 4 is 46.1 Å². The first kappa shape index (κ1) is 24.2. The minimum absolute atomic E-state index is 0.0867. The molecule has 5 rings (SSSR count). The number of nitrogens with zero attached hydrogens (tertiary/aromatic N) is 6. The third-order valence-electron chi connectivity index (χ3n) is 7.26. The Hall–Kier alpha value is -2.46. The van der Waals surface area contributed by atoms with Gasteiger partial charge in [0.15, 0.2) is 11.3 Å². The van der Waals surface area contributed by atoms with E-state index in [1.165, 1.54) is 12.8 Å². The van der Waals surface area contributed by atoms with Crippen molar-refractivity contribution in [2.24, 2.45) is 17.6 Å². The molecule has 3 aromatic rings. The number of aliphatic hydroxyl groups is 1. The number of rotatable bonds is 7. The van der Waals surface area contributed by atoms with Gasteiger partial charge in [-0.1, -0.05) is 29.3 Å². The molecule has 1 aromatic carbocycles. The normalized spacial score (nSPS) is 20.2. The van der Waals surface area contributed by atoms with E-state index in [-0.39, 0.29) is 18.3 Å². The molecule has 9 nitrogen and oxygen atoms in total. The molecular weight excluding hydrogens is 489 g/mol. The van der Waals surface area contributed by atoms with Crippen molar-refractivity contribution in [2.75, 3.05) is 44.2 Å². The van der Waals surface area contributed by atoms with Crippen molar-refractivity contribution in [3.05, 3.63) is 45.7 Å². The molecule has 2 atom stereocenters. The zero-order chi connectivity index (χ0) is 24.7. The Bertz CT molecular complexity index is 1240. The van der Waals surface area contributed by atoms with Crippen LogP contribution in [0.4, 0.5) is 5.82 Å². The molecule has 2 aromatic heterocycles. The first-order valence-corrected chi connectivity index (χ1v) is 12.7.